The van der Waals surface area contributed by atoms with Crippen LogP contribution < -0.4 is 11.1 Å². The van der Waals surface area contributed by atoms with Crippen LogP contribution in [0.15, 0.2) is 12.3 Å². The molecule has 1 heterocycles. The van der Waals surface area contributed by atoms with E-state index >= 15 is 0 Å². The summed E-state index contributed by atoms with van der Waals surface area (Å²) in [5, 5.41) is 2.40. The monoisotopic (exact) mass is 223 g/mol. The lowest BCUT2D eigenvalue weighted by molar-refractivity contribution is -0.139. The Morgan fingerprint density at radius 2 is 2.25 bits per heavy atom. The number of nitrogen functional groups attached to an aromatic ring is 1. The third-order valence-electron chi connectivity index (χ3n) is 2.02. The van der Waals surface area contributed by atoms with Crippen LogP contribution in [0.3, 0.4) is 0 Å². The molecule has 3 N–H and O–H groups in total. The first-order chi connectivity index (χ1) is 7.56. The second kappa shape index (κ2) is 5.11. The summed E-state index contributed by atoms with van der Waals surface area (Å²) in [6.45, 7) is 1.48. The number of methoxy groups -OCH3 is 1. The van der Waals surface area contributed by atoms with Gasteiger partial charge < -0.3 is 15.8 Å². The number of aromatic nitrogens is 1. The predicted octanol–water partition coefficient (Wildman–Crippen LogP) is -0.125. The summed E-state index contributed by atoms with van der Waals surface area (Å²) in [5.41, 5.74) is 6.77. The number of nitrogens with zero attached hydrogens (tertiary/aromatic N) is 1. The lowest BCUT2D eigenvalue weighted by Gasteiger charge is -2.08. The predicted molar refractivity (Wildman–Crippen MR) is 57.7 cm³/mol. The highest BCUT2D eigenvalue weighted by Gasteiger charge is 2.14. The fourth-order valence-corrected chi connectivity index (χ4v) is 1.19. The van der Waals surface area contributed by atoms with E-state index in [1.54, 1.807) is 6.92 Å². The molecule has 1 amide bonds. The Morgan fingerprint density at radius 1 is 1.56 bits per heavy atom. The van der Waals surface area contributed by atoms with Gasteiger partial charge in [-0.15, -0.1) is 0 Å². The highest BCUT2D eigenvalue weighted by atomic mass is 16.5. The number of hydrogen-bond acceptors (Lipinski definition) is 5. The van der Waals surface area contributed by atoms with Gasteiger partial charge in [0.15, 0.2) is 0 Å². The molecule has 0 aliphatic carbocycles. The van der Waals surface area contributed by atoms with Crippen LogP contribution in [0, 0.1) is 6.92 Å². The zero-order valence-electron chi connectivity index (χ0n) is 9.11. The van der Waals surface area contributed by atoms with Gasteiger partial charge in [0.25, 0.3) is 5.91 Å². The number of carbonyl (C=O) groups excluding carboxylic acids is 2. The smallest absolute Gasteiger partial charge is 0.325 e. The van der Waals surface area contributed by atoms with Gasteiger partial charge in [0.1, 0.15) is 6.54 Å². The topological polar surface area (TPSA) is 94.3 Å². The minimum atomic E-state index is -0.520. The van der Waals surface area contributed by atoms with Crippen molar-refractivity contribution < 1.29 is 14.3 Å². The van der Waals surface area contributed by atoms with Crippen LogP contribution in [0.25, 0.3) is 0 Å². The van der Waals surface area contributed by atoms with Crippen LogP contribution >= 0.6 is 0 Å². The molecule has 1 aromatic rings. The molecule has 86 valence electrons. The molecule has 0 aliphatic heterocycles. The normalized spacial score (nSPS) is 9.62. The van der Waals surface area contributed by atoms with Crippen molar-refractivity contribution in [2.45, 2.75) is 6.92 Å². The van der Waals surface area contributed by atoms with Gasteiger partial charge >= 0.3 is 5.97 Å². The number of rotatable bonds is 3. The summed E-state index contributed by atoms with van der Waals surface area (Å²) in [5.74, 6) is -0.957. The number of esters is 1. The molecule has 0 bridgehead atoms. The fraction of sp³-hybridized carbons (Fsp3) is 0.300. The maximum absolute atomic E-state index is 11.7. The molecule has 0 unspecified atom stereocenters. The maximum Gasteiger partial charge on any atom is 0.325 e. The van der Waals surface area contributed by atoms with Crippen LogP contribution in [-0.4, -0.2) is 30.5 Å². The number of ether oxygens (including phenoxy) is 1. The van der Waals surface area contributed by atoms with Crippen molar-refractivity contribution in [3.8, 4) is 0 Å². The zero-order valence-corrected chi connectivity index (χ0v) is 9.11. The van der Waals surface area contributed by atoms with Gasteiger partial charge in [0.05, 0.1) is 18.4 Å². The van der Waals surface area contributed by atoms with Crippen LogP contribution in [0.5, 0.6) is 0 Å². The second-order valence-corrected chi connectivity index (χ2v) is 3.12. The molecule has 16 heavy (non-hydrogen) atoms. The van der Waals surface area contributed by atoms with Crippen molar-refractivity contribution >= 4 is 17.6 Å². The first-order valence-corrected chi connectivity index (χ1v) is 4.62. The molecule has 0 saturated carbocycles. The number of amides is 1. The van der Waals surface area contributed by atoms with Gasteiger partial charge in [0.2, 0.25) is 0 Å². The molecule has 6 heteroatoms. The molecule has 1 rings (SSSR count). The quantitative estimate of drug-likeness (QED) is 0.696. The van der Waals surface area contributed by atoms with Gasteiger partial charge in [-0.2, -0.15) is 0 Å². The van der Waals surface area contributed by atoms with Crippen molar-refractivity contribution in [1.82, 2.24) is 10.3 Å². The highest BCUT2D eigenvalue weighted by molar-refractivity contribution is 6.01. The van der Waals surface area contributed by atoms with Crippen LogP contribution in [-0.2, 0) is 9.53 Å². The van der Waals surface area contributed by atoms with Crippen molar-refractivity contribution in [3.63, 3.8) is 0 Å². The Bertz CT molecular complexity index is 398. The van der Waals surface area contributed by atoms with Gasteiger partial charge in [-0.25, -0.2) is 0 Å². The zero-order chi connectivity index (χ0) is 12.1. The average Bonchev–Trinajstić information content (AvgIpc) is 2.25. The number of pyridine rings is 1. The Morgan fingerprint density at radius 3 is 2.81 bits per heavy atom. The largest absolute Gasteiger partial charge is 0.468 e. The number of anilines is 1. The van der Waals surface area contributed by atoms with Crippen molar-refractivity contribution in [2.75, 3.05) is 19.4 Å². The Balaban J connectivity index is 2.77. The van der Waals surface area contributed by atoms with Crippen LogP contribution in [0.2, 0.25) is 0 Å². The standard InChI is InChI=1S/C10H13N3O3/c1-6-9(7(11)3-4-12-6)10(15)13-5-8(14)16-2/h3-4H,5H2,1-2H3,(H2,11,12)(H,13,15). The minimum absolute atomic E-state index is 0.191. The molecule has 0 aromatic carbocycles. The van der Waals surface area contributed by atoms with Gasteiger partial charge in [-0.1, -0.05) is 0 Å². The average molecular weight is 223 g/mol. The third kappa shape index (κ3) is 2.69. The summed E-state index contributed by atoms with van der Waals surface area (Å²) in [4.78, 5) is 26.5. The van der Waals surface area contributed by atoms with E-state index in [4.69, 9.17) is 5.73 Å². The van der Waals surface area contributed by atoms with E-state index in [1.807, 2.05) is 0 Å². The van der Waals surface area contributed by atoms with Crippen molar-refractivity contribution in [3.05, 3.63) is 23.5 Å². The van der Waals surface area contributed by atoms with Gasteiger partial charge in [-0.3, -0.25) is 14.6 Å². The SMILES string of the molecule is COC(=O)CNC(=O)c1c(N)ccnc1C. The van der Waals surface area contributed by atoms with Crippen molar-refractivity contribution in [2.24, 2.45) is 0 Å². The second-order valence-electron chi connectivity index (χ2n) is 3.12. The van der Waals surface area contributed by atoms with E-state index in [9.17, 15) is 9.59 Å². The van der Waals surface area contributed by atoms with Gasteiger partial charge in [-0.05, 0) is 13.0 Å². The molecule has 0 radical (unpaired) electrons. The van der Waals surface area contributed by atoms with Crippen LogP contribution in [0.1, 0.15) is 16.1 Å². The minimum Gasteiger partial charge on any atom is -0.468 e. The number of nitrogens with two attached hydrogens (primary N) is 1. The molecular formula is C10H13N3O3. The first-order valence-electron chi connectivity index (χ1n) is 4.62. The number of nitrogens with one attached hydrogen (secondary N) is 1. The van der Waals surface area contributed by atoms with E-state index in [1.165, 1.54) is 19.4 Å². The third-order valence-corrected chi connectivity index (χ3v) is 2.02. The van der Waals surface area contributed by atoms with E-state index in [-0.39, 0.29) is 12.1 Å². The van der Waals surface area contributed by atoms with Gasteiger partial charge in [0, 0.05) is 11.9 Å². The molecule has 0 spiro atoms. The Kier molecular flexibility index (Phi) is 3.82. The molecular weight excluding hydrogens is 210 g/mol. The number of hydrogen-bond donors (Lipinski definition) is 2. The number of aryl methyl sites for hydroxylation is 1. The fourth-order valence-electron chi connectivity index (χ4n) is 1.19. The Labute approximate surface area is 92.8 Å². The molecule has 0 saturated heterocycles. The van der Waals surface area contributed by atoms with E-state index < -0.39 is 11.9 Å². The summed E-state index contributed by atoms with van der Waals surface area (Å²) in [7, 11) is 1.25. The molecule has 0 aliphatic rings. The van der Waals surface area contributed by atoms with E-state index in [0.717, 1.165) is 0 Å². The summed E-state index contributed by atoms with van der Waals surface area (Å²) in [6, 6.07) is 1.53. The lowest BCUT2D eigenvalue weighted by Crippen LogP contribution is -2.31. The van der Waals surface area contributed by atoms with E-state index in [2.05, 4.69) is 15.0 Å². The molecule has 1 aromatic heterocycles. The first kappa shape index (κ1) is 12.0. The summed E-state index contributed by atoms with van der Waals surface area (Å²) >= 11 is 0. The Hall–Kier alpha value is -2.11. The highest BCUT2D eigenvalue weighted by Crippen LogP contribution is 2.13. The van der Waals surface area contributed by atoms with E-state index in [0.29, 0.717) is 11.4 Å². The molecule has 0 fully saturated rings. The lowest BCUT2D eigenvalue weighted by atomic mass is 10.1. The molecule has 0 atom stereocenters. The van der Waals surface area contributed by atoms with Crippen molar-refractivity contribution in [1.29, 1.82) is 0 Å². The maximum atomic E-state index is 11.7. The van der Waals surface area contributed by atoms with Crippen LogP contribution in [0.4, 0.5) is 5.69 Å². The number of carbonyl (C=O) groups is 2. The summed E-state index contributed by atoms with van der Waals surface area (Å²) in [6.07, 6.45) is 1.52. The molecule has 6 nitrogen and oxygen atoms in total. The summed E-state index contributed by atoms with van der Waals surface area (Å²) < 4.78 is 4.40.